The molecule has 1 aliphatic heterocycles. The van der Waals surface area contributed by atoms with Crippen molar-refractivity contribution in [2.45, 2.75) is 45.6 Å². The summed E-state index contributed by atoms with van der Waals surface area (Å²) in [6, 6.07) is 7.79. The smallest absolute Gasteiger partial charge is 0.255 e. The van der Waals surface area contributed by atoms with Gasteiger partial charge >= 0.3 is 0 Å². The molecule has 8 nitrogen and oxygen atoms in total. The molecule has 1 saturated carbocycles. The van der Waals surface area contributed by atoms with Gasteiger partial charge in [-0.2, -0.15) is 0 Å². The second kappa shape index (κ2) is 9.60. The quantitative estimate of drug-likeness (QED) is 0.536. The summed E-state index contributed by atoms with van der Waals surface area (Å²) in [5.41, 5.74) is 4.57. The van der Waals surface area contributed by atoms with E-state index >= 15 is 0 Å². The third kappa shape index (κ3) is 4.83. The molecule has 5 rings (SSSR count). The summed E-state index contributed by atoms with van der Waals surface area (Å²) in [6.45, 7) is 5.51. The number of aromatic amines is 1. The Kier molecular flexibility index (Phi) is 6.36. The molecule has 2 aliphatic rings. The summed E-state index contributed by atoms with van der Waals surface area (Å²) in [4.78, 5) is 34.7. The molecular formula is C27H32N4O4. The van der Waals surface area contributed by atoms with Gasteiger partial charge in [0.2, 0.25) is 5.91 Å². The molecule has 0 unspecified atom stereocenters. The van der Waals surface area contributed by atoms with Gasteiger partial charge < -0.3 is 24.7 Å². The van der Waals surface area contributed by atoms with Crippen molar-refractivity contribution in [1.82, 2.24) is 20.2 Å². The maximum atomic E-state index is 13.3. The summed E-state index contributed by atoms with van der Waals surface area (Å²) >= 11 is 0. The maximum absolute atomic E-state index is 13.3. The Morgan fingerprint density at radius 3 is 2.60 bits per heavy atom. The van der Waals surface area contributed by atoms with Crippen LogP contribution in [0, 0.1) is 12.8 Å². The van der Waals surface area contributed by atoms with Crippen LogP contribution >= 0.6 is 0 Å². The van der Waals surface area contributed by atoms with Gasteiger partial charge in [0.1, 0.15) is 17.0 Å². The van der Waals surface area contributed by atoms with Crippen LogP contribution in [-0.2, 0) is 4.79 Å². The van der Waals surface area contributed by atoms with Crippen LogP contribution in [0.5, 0.6) is 11.5 Å². The van der Waals surface area contributed by atoms with E-state index in [1.54, 1.807) is 20.2 Å². The molecular weight excluding hydrogens is 444 g/mol. The lowest BCUT2D eigenvalue weighted by atomic mass is 10.0. The number of benzene rings is 1. The van der Waals surface area contributed by atoms with Crippen molar-refractivity contribution in [2.75, 3.05) is 26.8 Å². The lowest BCUT2D eigenvalue weighted by Crippen LogP contribution is -2.46. The Labute approximate surface area is 205 Å². The highest BCUT2D eigenvalue weighted by Gasteiger charge is 2.26. The van der Waals surface area contributed by atoms with E-state index in [-0.39, 0.29) is 17.9 Å². The van der Waals surface area contributed by atoms with Crippen molar-refractivity contribution < 1.29 is 19.1 Å². The minimum atomic E-state index is -0.143. The van der Waals surface area contributed by atoms with Gasteiger partial charge in [0.25, 0.3) is 5.91 Å². The molecule has 1 aromatic carbocycles. The largest absolute Gasteiger partial charge is 0.497 e. The molecule has 0 radical (unpaired) electrons. The Balaban J connectivity index is 1.45. The van der Waals surface area contributed by atoms with Gasteiger partial charge in [-0.05, 0) is 62.8 Å². The number of pyridine rings is 1. The number of hydrogen-bond acceptors (Lipinski definition) is 5. The van der Waals surface area contributed by atoms with E-state index < -0.39 is 0 Å². The zero-order valence-corrected chi connectivity index (χ0v) is 20.5. The fourth-order valence-electron chi connectivity index (χ4n) is 4.77. The lowest BCUT2D eigenvalue weighted by Gasteiger charge is -2.31. The van der Waals surface area contributed by atoms with Crippen LogP contribution in [0.2, 0.25) is 0 Å². The number of ether oxygens (including phenoxy) is 2. The van der Waals surface area contributed by atoms with Crippen molar-refractivity contribution in [2.24, 2.45) is 5.92 Å². The first kappa shape index (κ1) is 23.2. The summed E-state index contributed by atoms with van der Waals surface area (Å²) in [7, 11) is 1.65. The van der Waals surface area contributed by atoms with Crippen LogP contribution in [0.3, 0.4) is 0 Å². The molecule has 0 bridgehead atoms. The first-order valence-electron chi connectivity index (χ1n) is 12.3. The van der Waals surface area contributed by atoms with E-state index in [0.29, 0.717) is 36.7 Å². The van der Waals surface area contributed by atoms with Crippen LogP contribution < -0.4 is 14.8 Å². The topological polar surface area (TPSA) is 96.6 Å². The fourth-order valence-corrected chi connectivity index (χ4v) is 4.77. The molecule has 184 valence electrons. The van der Waals surface area contributed by atoms with E-state index in [9.17, 15) is 9.59 Å². The number of aryl methyl sites for hydroxylation is 1. The molecule has 0 atom stereocenters. The number of H-pyrrole nitrogens is 1. The van der Waals surface area contributed by atoms with Gasteiger partial charge in [-0.15, -0.1) is 0 Å². The van der Waals surface area contributed by atoms with E-state index in [0.717, 1.165) is 46.7 Å². The number of nitrogens with one attached hydrogen (secondary N) is 2. The average molecular weight is 477 g/mol. The molecule has 2 fully saturated rings. The maximum Gasteiger partial charge on any atom is 0.255 e. The summed E-state index contributed by atoms with van der Waals surface area (Å²) < 4.78 is 11.7. The number of aromatic nitrogens is 2. The zero-order chi connectivity index (χ0) is 24.5. The Hall–Kier alpha value is -3.55. The predicted molar refractivity (Wildman–Crippen MR) is 134 cm³/mol. The standard InChI is InChI=1S/C27H32N4O4/c1-16-24(27(33)30-19-9-12-31(13-10-19)17(2)32)26-25(29-16)21(8-11-28-26)22-14-20(34-3)6-7-23(22)35-15-18-4-5-18/h6-8,11,14,18-19,29H,4-5,9-10,12-13,15H2,1-3H3,(H,30,33). The third-order valence-electron chi connectivity index (χ3n) is 7.03. The lowest BCUT2D eigenvalue weighted by molar-refractivity contribution is -0.129. The molecule has 8 heteroatoms. The number of nitrogens with zero attached hydrogens (tertiary/aromatic N) is 2. The van der Waals surface area contributed by atoms with Gasteiger partial charge in [-0.25, -0.2) is 0 Å². The molecule has 2 N–H and O–H groups in total. The number of amides is 2. The van der Waals surface area contributed by atoms with Crippen LogP contribution in [0.25, 0.3) is 22.2 Å². The minimum Gasteiger partial charge on any atom is -0.497 e. The number of piperidine rings is 1. The normalized spacial score (nSPS) is 16.4. The van der Waals surface area contributed by atoms with Gasteiger partial charge in [0.05, 0.1) is 24.8 Å². The molecule has 0 spiro atoms. The first-order valence-corrected chi connectivity index (χ1v) is 12.3. The van der Waals surface area contributed by atoms with Crippen molar-refractivity contribution >= 4 is 22.8 Å². The molecule has 1 saturated heterocycles. The number of methoxy groups -OCH3 is 1. The third-order valence-corrected chi connectivity index (χ3v) is 7.03. The summed E-state index contributed by atoms with van der Waals surface area (Å²) in [5.74, 6) is 2.10. The Morgan fingerprint density at radius 1 is 1.14 bits per heavy atom. The number of rotatable bonds is 7. The van der Waals surface area contributed by atoms with Gasteiger partial charge in [0, 0.05) is 49.1 Å². The summed E-state index contributed by atoms with van der Waals surface area (Å²) in [6.07, 6.45) is 5.66. The number of carbonyl (C=O) groups is 2. The van der Waals surface area contributed by atoms with Crippen LogP contribution in [0.1, 0.15) is 48.7 Å². The van der Waals surface area contributed by atoms with E-state index in [1.165, 1.54) is 12.8 Å². The monoisotopic (exact) mass is 476 g/mol. The van der Waals surface area contributed by atoms with Gasteiger partial charge in [0.15, 0.2) is 0 Å². The molecule has 1 aliphatic carbocycles. The molecule has 3 aromatic rings. The highest BCUT2D eigenvalue weighted by atomic mass is 16.5. The second-order valence-electron chi connectivity index (χ2n) is 9.58. The predicted octanol–water partition coefficient (Wildman–Crippen LogP) is 4.08. The van der Waals surface area contributed by atoms with Crippen LogP contribution in [-0.4, -0.2) is 59.5 Å². The van der Waals surface area contributed by atoms with E-state index in [4.69, 9.17) is 9.47 Å². The second-order valence-corrected chi connectivity index (χ2v) is 9.58. The Bertz CT molecular complexity index is 1260. The van der Waals surface area contributed by atoms with Crippen LogP contribution in [0.15, 0.2) is 30.5 Å². The number of carbonyl (C=O) groups excluding carboxylic acids is 2. The summed E-state index contributed by atoms with van der Waals surface area (Å²) in [5, 5.41) is 3.16. The SMILES string of the molecule is COc1ccc(OCC2CC2)c(-c2ccnc3c(C(=O)NC4CCN(C(C)=O)CC4)c(C)[nH]c23)c1. The van der Waals surface area contributed by atoms with Gasteiger partial charge in [-0.3, -0.25) is 14.6 Å². The molecule has 35 heavy (non-hydrogen) atoms. The fraction of sp³-hybridized carbons (Fsp3) is 0.444. The van der Waals surface area contributed by atoms with Crippen LogP contribution in [0.4, 0.5) is 0 Å². The zero-order valence-electron chi connectivity index (χ0n) is 20.5. The Morgan fingerprint density at radius 2 is 1.91 bits per heavy atom. The van der Waals surface area contributed by atoms with Crippen molar-refractivity contribution in [3.05, 3.63) is 41.7 Å². The average Bonchev–Trinajstić information content (AvgIpc) is 3.62. The number of hydrogen-bond donors (Lipinski definition) is 2. The van der Waals surface area contributed by atoms with Crippen molar-refractivity contribution in [1.29, 1.82) is 0 Å². The van der Waals surface area contributed by atoms with Crippen molar-refractivity contribution in [3.8, 4) is 22.6 Å². The molecule has 3 heterocycles. The van der Waals surface area contributed by atoms with E-state index in [1.807, 2.05) is 36.1 Å². The number of fused-ring (bicyclic) bond motifs is 1. The first-order chi connectivity index (χ1) is 16.9. The van der Waals surface area contributed by atoms with Crippen molar-refractivity contribution in [3.63, 3.8) is 0 Å². The molecule has 2 aromatic heterocycles. The highest BCUT2D eigenvalue weighted by molar-refractivity contribution is 6.09. The minimum absolute atomic E-state index is 0.0337. The number of likely N-dealkylation sites (tertiary alicyclic amines) is 1. The highest BCUT2D eigenvalue weighted by Crippen LogP contribution is 2.39. The van der Waals surface area contributed by atoms with E-state index in [2.05, 4.69) is 15.3 Å². The molecule has 2 amide bonds. The van der Waals surface area contributed by atoms with Gasteiger partial charge in [-0.1, -0.05) is 0 Å².